The Balaban J connectivity index is 1.58. The summed E-state index contributed by atoms with van der Waals surface area (Å²) in [5, 5.41) is 2.90. The number of pyridine rings is 1. The number of nitrogens with zero attached hydrogens (tertiary/aromatic N) is 3. The lowest BCUT2D eigenvalue weighted by molar-refractivity contribution is -0.132. The van der Waals surface area contributed by atoms with E-state index < -0.39 is 0 Å². The van der Waals surface area contributed by atoms with E-state index in [9.17, 15) is 4.79 Å². The van der Waals surface area contributed by atoms with Crippen LogP contribution < -0.4 is 11.1 Å². The monoisotopic (exact) mass is 301 g/mol. The lowest BCUT2D eigenvalue weighted by Gasteiger charge is -2.13. The Hall–Kier alpha value is -2.25. The molecule has 3 heterocycles. The molecule has 2 aromatic heterocycles. The number of imidazole rings is 1. The molecule has 0 aromatic carbocycles. The van der Waals surface area contributed by atoms with Gasteiger partial charge in [-0.05, 0) is 30.5 Å². The molecule has 22 heavy (non-hydrogen) atoms. The Bertz CT molecular complexity index is 629. The van der Waals surface area contributed by atoms with Crippen molar-refractivity contribution in [2.45, 2.75) is 31.6 Å². The van der Waals surface area contributed by atoms with E-state index in [2.05, 4.69) is 15.3 Å². The van der Waals surface area contributed by atoms with Crippen LogP contribution in [0.25, 0.3) is 5.82 Å². The first-order valence-electron chi connectivity index (χ1n) is 7.33. The second-order valence-corrected chi connectivity index (χ2v) is 5.27. The number of nitrogens with one attached hydrogen (secondary N) is 1. The number of aromatic nitrogens is 3. The van der Waals surface area contributed by atoms with E-state index >= 15 is 0 Å². The van der Waals surface area contributed by atoms with Crippen LogP contribution in [0.3, 0.4) is 0 Å². The maximum Gasteiger partial charge on any atom is 0.249 e. The Morgan fingerprint density at radius 1 is 1.45 bits per heavy atom. The summed E-state index contributed by atoms with van der Waals surface area (Å²) in [6.07, 6.45) is 8.11. The van der Waals surface area contributed by atoms with Crippen LogP contribution in [0, 0.1) is 0 Å². The van der Waals surface area contributed by atoms with E-state index in [1.54, 1.807) is 18.7 Å². The van der Waals surface area contributed by atoms with E-state index in [-0.39, 0.29) is 18.1 Å². The van der Waals surface area contributed by atoms with Crippen molar-refractivity contribution in [2.24, 2.45) is 5.73 Å². The third-order valence-electron chi connectivity index (χ3n) is 3.71. The van der Waals surface area contributed by atoms with Crippen LogP contribution in [0.1, 0.15) is 18.4 Å². The summed E-state index contributed by atoms with van der Waals surface area (Å²) < 4.78 is 7.40. The molecule has 2 atom stereocenters. The summed E-state index contributed by atoms with van der Waals surface area (Å²) >= 11 is 0. The van der Waals surface area contributed by atoms with Gasteiger partial charge in [0.05, 0.1) is 6.10 Å². The van der Waals surface area contributed by atoms with Crippen LogP contribution >= 0.6 is 0 Å². The van der Waals surface area contributed by atoms with Crippen molar-refractivity contribution >= 4 is 5.91 Å². The lowest BCUT2D eigenvalue weighted by atomic mass is 10.2. The molecule has 0 radical (unpaired) electrons. The minimum atomic E-state index is -0.386. The molecule has 1 aliphatic heterocycles. The molecule has 1 amide bonds. The highest BCUT2D eigenvalue weighted by Crippen LogP contribution is 2.19. The second kappa shape index (κ2) is 6.67. The van der Waals surface area contributed by atoms with Crippen molar-refractivity contribution in [1.29, 1.82) is 0 Å². The Kier molecular flexibility index (Phi) is 4.45. The molecular formula is C15H19N5O2. The number of amides is 1. The van der Waals surface area contributed by atoms with Gasteiger partial charge in [0.15, 0.2) is 0 Å². The molecule has 0 spiro atoms. The van der Waals surface area contributed by atoms with E-state index in [1.165, 1.54) is 0 Å². The van der Waals surface area contributed by atoms with E-state index in [1.807, 2.05) is 22.9 Å². The minimum absolute atomic E-state index is 0.00418. The van der Waals surface area contributed by atoms with Crippen LogP contribution in [0.2, 0.25) is 0 Å². The van der Waals surface area contributed by atoms with Gasteiger partial charge in [-0.15, -0.1) is 0 Å². The fourth-order valence-electron chi connectivity index (χ4n) is 2.48. The zero-order chi connectivity index (χ0) is 15.4. The topological polar surface area (TPSA) is 95.1 Å². The molecule has 7 nitrogen and oxygen atoms in total. The zero-order valence-corrected chi connectivity index (χ0v) is 12.2. The first-order valence-corrected chi connectivity index (χ1v) is 7.33. The van der Waals surface area contributed by atoms with Crippen molar-refractivity contribution in [3.05, 3.63) is 42.6 Å². The van der Waals surface area contributed by atoms with Crippen LogP contribution in [-0.2, 0) is 16.1 Å². The van der Waals surface area contributed by atoms with Gasteiger partial charge in [-0.3, -0.25) is 9.36 Å². The number of ether oxygens (including phenoxy) is 1. The lowest BCUT2D eigenvalue weighted by Crippen LogP contribution is -2.35. The van der Waals surface area contributed by atoms with Crippen LogP contribution in [0.5, 0.6) is 0 Å². The van der Waals surface area contributed by atoms with Crippen molar-refractivity contribution < 1.29 is 9.53 Å². The number of carbonyl (C=O) groups excluding carboxylic acids is 1. The molecule has 1 fully saturated rings. The third kappa shape index (κ3) is 3.32. The summed E-state index contributed by atoms with van der Waals surface area (Å²) in [5.41, 5.74) is 6.53. The molecule has 1 aliphatic rings. The Labute approximate surface area is 128 Å². The highest BCUT2D eigenvalue weighted by Gasteiger charge is 2.29. The van der Waals surface area contributed by atoms with Gasteiger partial charge in [-0.25, -0.2) is 9.97 Å². The summed E-state index contributed by atoms with van der Waals surface area (Å²) in [7, 11) is 0. The van der Waals surface area contributed by atoms with Gasteiger partial charge in [0.1, 0.15) is 18.2 Å². The van der Waals surface area contributed by atoms with Gasteiger partial charge in [-0.1, -0.05) is 0 Å². The number of hydrogen-bond acceptors (Lipinski definition) is 5. The van der Waals surface area contributed by atoms with Gasteiger partial charge in [0.25, 0.3) is 0 Å². The second-order valence-electron chi connectivity index (χ2n) is 5.27. The average Bonchev–Trinajstić information content (AvgIpc) is 3.24. The van der Waals surface area contributed by atoms with E-state index in [0.717, 1.165) is 24.2 Å². The van der Waals surface area contributed by atoms with Crippen molar-refractivity contribution in [3.63, 3.8) is 0 Å². The summed E-state index contributed by atoms with van der Waals surface area (Å²) in [6, 6.07) is 3.79. The van der Waals surface area contributed by atoms with Crippen molar-refractivity contribution in [2.75, 3.05) is 6.54 Å². The zero-order valence-electron chi connectivity index (χ0n) is 12.2. The minimum Gasteiger partial charge on any atom is -0.364 e. The SMILES string of the molecule is NC[C@H]1CC[C@@H](C(=O)NCc2ccnc(-n3ccnc3)c2)O1. The Morgan fingerprint density at radius 2 is 2.36 bits per heavy atom. The number of nitrogens with two attached hydrogens (primary N) is 1. The van der Waals surface area contributed by atoms with Crippen LogP contribution in [-0.4, -0.2) is 39.2 Å². The van der Waals surface area contributed by atoms with Crippen LogP contribution in [0.4, 0.5) is 0 Å². The summed E-state index contributed by atoms with van der Waals surface area (Å²) in [6.45, 7) is 0.901. The molecule has 7 heteroatoms. The van der Waals surface area contributed by atoms with Crippen molar-refractivity contribution in [3.8, 4) is 5.82 Å². The molecule has 2 aromatic rings. The molecule has 0 unspecified atom stereocenters. The summed E-state index contributed by atoms with van der Waals surface area (Å²) in [4.78, 5) is 20.4. The highest BCUT2D eigenvalue weighted by molar-refractivity contribution is 5.81. The molecule has 0 aliphatic carbocycles. The average molecular weight is 301 g/mol. The molecule has 3 N–H and O–H groups in total. The quantitative estimate of drug-likeness (QED) is 0.833. The molecule has 1 saturated heterocycles. The molecular weight excluding hydrogens is 282 g/mol. The molecule has 116 valence electrons. The van der Waals surface area contributed by atoms with Crippen LogP contribution in [0.15, 0.2) is 37.1 Å². The highest BCUT2D eigenvalue weighted by atomic mass is 16.5. The smallest absolute Gasteiger partial charge is 0.249 e. The fraction of sp³-hybridized carbons (Fsp3) is 0.400. The van der Waals surface area contributed by atoms with Gasteiger partial charge >= 0.3 is 0 Å². The van der Waals surface area contributed by atoms with Gasteiger partial charge in [0.2, 0.25) is 5.91 Å². The first kappa shape index (κ1) is 14.7. The van der Waals surface area contributed by atoms with Gasteiger partial charge in [-0.2, -0.15) is 0 Å². The predicted octanol–water partition coefficient (Wildman–Crippen LogP) is 0.390. The fourth-order valence-corrected chi connectivity index (χ4v) is 2.48. The van der Waals surface area contributed by atoms with E-state index in [0.29, 0.717) is 13.1 Å². The molecule has 0 bridgehead atoms. The first-order chi connectivity index (χ1) is 10.8. The maximum absolute atomic E-state index is 12.1. The molecule has 0 saturated carbocycles. The maximum atomic E-state index is 12.1. The third-order valence-corrected chi connectivity index (χ3v) is 3.71. The number of carbonyl (C=O) groups is 1. The van der Waals surface area contributed by atoms with E-state index in [4.69, 9.17) is 10.5 Å². The normalized spacial score (nSPS) is 21.0. The number of hydrogen-bond donors (Lipinski definition) is 2. The van der Waals surface area contributed by atoms with Crippen molar-refractivity contribution in [1.82, 2.24) is 19.9 Å². The van der Waals surface area contributed by atoms with Gasteiger partial charge in [0, 0.05) is 31.7 Å². The Morgan fingerprint density at radius 3 is 3.09 bits per heavy atom. The standard InChI is InChI=1S/C15H19N5O2/c16-8-12-1-2-13(22-12)15(21)19-9-11-3-4-18-14(7-11)20-6-5-17-10-20/h3-7,10,12-13H,1-2,8-9,16H2,(H,19,21)/t12-,13+/m1/s1. The van der Waals surface area contributed by atoms with Gasteiger partial charge < -0.3 is 15.8 Å². The predicted molar refractivity (Wildman–Crippen MR) is 80.2 cm³/mol. The summed E-state index contributed by atoms with van der Waals surface area (Å²) in [5.74, 6) is 0.682. The largest absolute Gasteiger partial charge is 0.364 e. The number of rotatable bonds is 5. The molecule has 3 rings (SSSR count).